The number of hydrogen-bond donors (Lipinski definition) is 2. The number of nitrogens with one attached hydrogen (secondary N) is 1. The number of aliphatic hydroxyl groups is 1. The van der Waals surface area contributed by atoms with Gasteiger partial charge in [-0.2, -0.15) is 0 Å². The van der Waals surface area contributed by atoms with Crippen LogP contribution in [0, 0.1) is 5.82 Å². The third-order valence-corrected chi connectivity index (χ3v) is 2.86. The van der Waals surface area contributed by atoms with Crippen molar-refractivity contribution < 1.29 is 9.50 Å². The van der Waals surface area contributed by atoms with Gasteiger partial charge in [0.2, 0.25) is 0 Å². The van der Waals surface area contributed by atoms with E-state index in [2.05, 4.69) is 5.32 Å². The lowest BCUT2D eigenvalue weighted by atomic mass is 10.1. The van der Waals surface area contributed by atoms with E-state index in [-0.39, 0.29) is 18.5 Å². The Morgan fingerprint density at radius 1 is 1.00 bits per heavy atom. The Balaban J connectivity index is 2.04. The quantitative estimate of drug-likeness (QED) is 0.848. The van der Waals surface area contributed by atoms with Gasteiger partial charge in [0.15, 0.2) is 0 Å². The van der Waals surface area contributed by atoms with Gasteiger partial charge in [0.1, 0.15) is 5.82 Å². The SMILES string of the molecule is OCC(NCc1ccccc1)c1ccccc1F. The molecule has 0 saturated carbocycles. The largest absolute Gasteiger partial charge is 0.394 e. The molecular weight excluding hydrogens is 229 g/mol. The Morgan fingerprint density at radius 2 is 1.67 bits per heavy atom. The molecule has 0 amide bonds. The monoisotopic (exact) mass is 245 g/mol. The predicted molar refractivity (Wildman–Crippen MR) is 69.5 cm³/mol. The summed E-state index contributed by atoms with van der Waals surface area (Å²) >= 11 is 0. The summed E-state index contributed by atoms with van der Waals surface area (Å²) in [4.78, 5) is 0. The van der Waals surface area contributed by atoms with Crippen molar-refractivity contribution in [3.63, 3.8) is 0 Å². The number of benzene rings is 2. The second-order valence-corrected chi connectivity index (χ2v) is 4.12. The van der Waals surface area contributed by atoms with E-state index in [1.165, 1.54) is 6.07 Å². The van der Waals surface area contributed by atoms with Gasteiger partial charge in [0.05, 0.1) is 12.6 Å². The van der Waals surface area contributed by atoms with Gasteiger partial charge in [-0.25, -0.2) is 4.39 Å². The molecule has 0 aromatic heterocycles. The lowest BCUT2D eigenvalue weighted by Crippen LogP contribution is -2.24. The highest BCUT2D eigenvalue weighted by atomic mass is 19.1. The van der Waals surface area contributed by atoms with E-state index in [0.717, 1.165) is 5.56 Å². The van der Waals surface area contributed by atoms with Crippen LogP contribution < -0.4 is 5.32 Å². The molecule has 0 aliphatic carbocycles. The van der Waals surface area contributed by atoms with Crippen molar-refractivity contribution in [3.05, 3.63) is 71.5 Å². The first-order valence-corrected chi connectivity index (χ1v) is 5.94. The molecule has 0 aliphatic rings. The fraction of sp³-hybridized carbons (Fsp3) is 0.200. The van der Waals surface area contributed by atoms with E-state index in [0.29, 0.717) is 12.1 Å². The maximum atomic E-state index is 13.6. The molecule has 2 aromatic rings. The zero-order chi connectivity index (χ0) is 12.8. The molecule has 0 heterocycles. The Labute approximate surface area is 106 Å². The van der Waals surface area contributed by atoms with Crippen LogP contribution in [0.25, 0.3) is 0 Å². The molecule has 0 bridgehead atoms. The molecule has 2 rings (SSSR count). The van der Waals surface area contributed by atoms with Gasteiger partial charge < -0.3 is 10.4 Å². The van der Waals surface area contributed by atoms with Gasteiger partial charge in [0, 0.05) is 12.1 Å². The van der Waals surface area contributed by atoms with E-state index in [1.54, 1.807) is 18.2 Å². The van der Waals surface area contributed by atoms with Crippen LogP contribution in [0.3, 0.4) is 0 Å². The van der Waals surface area contributed by atoms with Crippen molar-refractivity contribution in [2.24, 2.45) is 0 Å². The number of aliphatic hydroxyl groups excluding tert-OH is 1. The zero-order valence-corrected chi connectivity index (χ0v) is 10.0. The minimum Gasteiger partial charge on any atom is -0.394 e. The smallest absolute Gasteiger partial charge is 0.128 e. The fourth-order valence-electron chi connectivity index (χ4n) is 1.87. The van der Waals surface area contributed by atoms with Crippen LogP contribution in [0.4, 0.5) is 4.39 Å². The van der Waals surface area contributed by atoms with Crippen LogP contribution in [0.15, 0.2) is 54.6 Å². The lowest BCUT2D eigenvalue weighted by molar-refractivity contribution is 0.240. The van der Waals surface area contributed by atoms with Gasteiger partial charge in [-0.15, -0.1) is 0 Å². The first-order chi connectivity index (χ1) is 8.81. The predicted octanol–water partition coefficient (Wildman–Crippen LogP) is 2.65. The molecule has 1 unspecified atom stereocenters. The highest BCUT2D eigenvalue weighted by Gasteiger charge is 2.13. The van der Waals surface area contributed by atoms with E-state index in [9.17, 15) is 9.50 Å². The van der Waals surface area contributed by atoms with Crippen LogP contribution in [0.2, 0.25) is 0 Å². The van der Waals surface area contributed by atoms with Gasteiger partial charge in [-0.05, 0) is 11.6 Å². The second-order valence-electron chi connectivity index (χ2n) is 4.12. The van der Waals surface area contributed by atoms with Gasteiger partial charge in [-0.3, -0.25) is 0 Å². The summed E-state index contributed by atoms with van der Waals surface area (Å²) in [7, 11) is 0. The van der Waals surface area contributed by atoms with Crippen molar-refractivity contribution in [1.82, 2.24) is 5.32 Å². The summed E-state index contributed by atoms with van der Waals surface area (Å²) in [6.45, 7) is 0.466. The van der Waals surface area contributed by atoms with Crippen LogP contribution >= 0.6 is 0 Å². The molecule has 94 valence electrons. The van der Waals surface area contributed by atoms with Crippen LogP contribution in [0.1, 0.15) is 17.2 Å². The first kappa shape index (κ1) is 12.7. The molecule has 2 nitrogen and oxygen atoms in total. The molecule has 2 aromatic carbocycles. The molecule has 0 aliphatic heterocycles. The topological polar surface area (TPSA) is 32.3 Å². The van der Waals surface area contributed by atoms with Crippen LogP contribution in [-0.4, -0.2) is 11.7 Å². The van der Waals surface area contributed by atoms with E-state index in [4.69, 9.17) is 0 Å². The first-order valence-electron chi connectivity index (χ1n) is 5.94. The number of hydrogen-bond acceptors (Lipinski definition) is 2. The third-order valence-electron chi connectivity index (χ3n) is 2.86. The molecule has 0 saturated heterocycles. The second kappa shape index (κ2) is 6.28. The zero-order valence-electron chi connectivity index (χ0n) is 10.0. The van der Waals surface area contributed by atoms with Crippen molar-refractivity contribution in [3.8, 4) is 0 Å². The van der Waals surface area contributed by atoms with Gasteiger partial charge in [0.25, 0.3) is 0 Å². The Kier molecular flexibility index (Phi) is 4.45. The highest BCUT2D eigenvalue weighted by molar-refractivity contribution is 5.22. The Morgan fingerprint density at radius 3 is 2.33 bits per heavy atom. The fourth-order valence-corrected chi connectivity index (χ4v) is 1.87. The summed E-state index contributed by atoms with van der Waals surface area (Å²) in [5.41, 5.74) is 1.60. The molecular formula is C15H16FNO. The van der Waals surface area contributed by atoms with E-state index < -0.39 is 0 Å². The normalized spacial score (nSPS) is 12.3. The molecule has 1 atom stereocenters. The molecule has 0 spiro atoms. The lowest BCUT2D eigenvalue weighted by Gasteiger charge is -2.17. The summed E-state index contributed by atoms with van der Waals surface area (Å²) < 4.78 is 13.6. The number of halogens is 1. The standard InChI is InChI=1S/C15H16FNO/c16-14-9-5-4-8-13(14)15(11-18)17-10-12-6-2-1-3-7-12/h1-9,15,17-18H,10-11H2. The summed E-state index contributed by atoms with van der Waals surface area (Å²) in [5.74, 6) is -0.294. The van der Waals surface area contributed by atoms with E-state index in [1.807, 2.05) is 30.3 Å². The van der Waals surface area contributed by atoms with Gasteiger partial charge >= 0.3 is 0 Å². The van der Waals surface area contributed by atoms with Crippen molar-refractivity contribution in [2.75, 3.05) is 6.61 Å². The summed E-state index contributed by atoms with van der Waals surface area (Å²) in [6, 6.07) is 16.0. The Hall–Kier alpha value is -1.71. The molecule has 0 fully saturated rings. The van der Waals surface area contributed by atoms with Crippen LogP contribution in [-0.2, 0) is 6.54 Å². The Bertz CT molecular complexity index is 487. The summed E-state index contributed by atoms with van der Waals surface area (Å²) in [6.07, 6.45) is 0. The average Bonchev–Trinajstić information content (AvgIpc) is 2.42. The average molecular weight is 245 g/mol. The molecule has 3 heteroatoms. The molecule has 18 heavy (non-hydrogen) atoms. The van der Waals surface area contributed by atoms with Crippen LogP contribution in [0.5, 0.6) is 0 Å². The summed E-state index contributed by atoms with van der Waals surface area (Å²) in [5, 5.41) is 12.5. The van der Waals surface area contributed by atoms with Crippen molar-refractivity contribution in [1.29, 1.82) is 0 Å². The maximum absolute atomic E-state index is 13.6. The minimum absolute atomic E-state index is 0.131. The van der Waals surface area contributed by atoms with E-state index >= 15 is 0 Å². The number of rotatable bonds is 5. The highest BCUT2D eigenvalue weighted by Crippen LogP contribution is 2.16. The third kappa shape index (κ3) is 3.15. The molecule has 0 radical (unpaired) electrons. The van der Waals surface area contributed by atoms with Crippen molar-refractivity contribution >= 4 is 0 Å². The van der Waals surface area contributed by atoms with Crippen molar-refractivity contribution in [2.45, 2.75) is 12.6 Å². The molecule has 2 N–H and O–H groups in total. The maximum Gasteiger partial charge on any atom is 0.128 e. The minimum atomic E-state index is -0.383. The van der Waals surface area contributed by atoms with Gasteiger partial charge in [-0.1, -0.05) is 48.5 Å².